The zero-order valence-electron chi connectivity index (χ0n) is 10.4. The molecule has 0 atom stereocenters. The summed E-state index contributed by atoms with van der Waals surface area (Å²) in [4.78, 5) is 0. The van der Waals surface area contributed by atoms with Crippen molar-refractivity contribution in [2.24, 2.45) is 5.92 Å². The number of rotatable bonds is 3. The van der Waals surface area contributed by atoms with Crippen LogP contribution < -0.4 is 5.46 Å². The Bertz CT molecular complexity index is 529. The van der Waals surface area contributed by atoms with Gasteiger partial charge >= 0.3 is 7.12 Å². The number of furan rings is 1. The highest BCUT2D eigenvalue weighted by Gasteiger charge is 2.21. The van der Waals surface area contributed by atoms with Crippen LogP contribution in [0.4, 0.5) is 0 Å². The quantitative estimate of drug-likeness (QED) is 0.790. The molecule has 2 aromatic rings. The highest BCUT2D eigenvalue weighted by atomic mass is 16.4. The molecule has 0 amide bonds. The van der Waals surface area contributed by atoms with E-state index in [1.165, 1.54) is 5.56 Å². The number of hydrogen-bond donors (Lipinski definition) is 2. The number of fused-ring (bicyclic) bond motifs is 1. The summed E-state index contributed by atoms with van der Waals surface area (Å²) in [7, 11) is -1.48. The lowest BCUT2D eigenvalue weighted by Gasteiger charge is -2.05. The smallest absolute Gasteiger partial charge is 0.462 e. The third-order valence-corrected chi connectivity index (χ3v) is 2.88. The summed E-state index contributed by atoms with van der Waals surface area (Å²) in [5.41, 5.74) is 2.37. The zero-order valence-corrected chi connectivity index (χ0v) is 10.4. The molecule has 2 rings (SSSR count). The molecule has 0 aliphatic rings. The Morgan fingerprint density at radius 2 is 2.00 bits per heavy atom. The minimum absolute atomic E-state index is 0.477. The average molecular weight is 232 g/mol. The summed E-state index contributed by atoms with van der Waals surface area (Å²) in [6, 6.07) is 5.91. The third-order valence-electron chi connectivity index (χ3n) is 2.88. The second-order valence-corrected chi connectivity index (χ2v) is 4.87. The maximum absolute atomic E-state index is 9.36. The summed E-state index contributed by atoms with van der Waals surface area (Å²) in [6.07, 6.45) is 0.973. The van der Waals surface area contributed by atoms with Crippen LogP contribution in [0.3, 0.4) is 0 Å². The second-order valence-electron chi connectivity index (χ2n) is 4.87. The Hall–Kier alpha value is -1.26. The summed E-state index contributed by atoms with van der Waals surface area (Å²) in [6.45, 7) is 6.07. The molecular weight excluding hydrogens is 215 g/mol. The molecule has 4 heteroatoms. The maximum Gasteiger partial charge on any atom is 0.492 e. The predicted octanol–water partition coefficient (Wildman–Crippen LogP) is 1.62. The van der Waals surface area contributed by atoms with Gasteiger partial charge in [0.15, 0.2) is 0 Å². The van der Waals surface area contributed by atoms with Crippen molar-refractivity contribution in [2.75, 3.05) is 0 Å². The molecule has 0 fully saturated rings. The Balaban J connectivity index is 2.54. The van der Waals surface area contributed by atoms with Gasteiger partial charge < -0.3 is 14.5 Å². The van der Waals surface area contributed by atoms with Gasteiger partial charge in [-0.15, -0.1) is 0 Å². The van der Waals surface area contributed by atoms with Crippen LogP contribution in [0, 0.1) is 12.8 Å². The molecule has 90 valence electrons. The molecule has 0 unspecified atom stereocenters. The van der Waals surface area contributed by atoms with Crippen LogP contribution in [-0.2, 0) is 6.42 Å². The molecule has 2 N–H and O–H groups in total. The molecule has 0 aliphatic carbocycles. The lowest BCUT2D eigenvalue weighted by molar-refractivity contribution is 0.424. The van der Waals surface area contributed by atoms with Gasteiger partial charge in [0, 0.05) is 10.8 Å². The van der Waals surface area contributed by atoms with Crippen molar-refractivity contribution in [3.63, 3.8) is 0 Å². The Labute approximate surface area is 101 Å². The van der Waals surface area contributed by atoms with Crippen molar-refractivity contribution < 1.29 is 14.5 Å². The van der Waals surface area contributed by atoms with E-state index in [9.17, 15) is 10.0 Å². The molecule has 0 spiro atoms. The summed E-state index contributed by atoms with van der Waals surface area (Å²) < 4.78 is 5.50. The van der Waals surface area contributed by atoms with Gasteiger partial charge in [0.05, 0.1) is 0 Å². The minimum atomic E-state index is -1.48. The van der Waals surface area contributed by atoms with Crippen LogP contribution in [-0.4, -0.2) is 17.2 Å². The topological polar surface area (TPSA) is 53.6 Å². The molecule has 0 aliphatic heterocycles. The van der Waals surface area contributed by atoms with E-state index in [0.29, 0.717) is 22.7 Å². The van der Waals surface area contributed by atoms with E-state index in [1.54, 1.807) is 6.92 Å². The standard InChI is InChI=1S/C13H17BO3/c1-8(2)6-10-4-5-12-11(7-10)13(14(15)16)9(3)17-12/h4-5,7-8,15-16H,6H2,1-3H3. The van der Waals surface area contributed by atoms with Crippen LogP contribution in [0.15, 0.2) is 22.6 Å². The summed E-state index contributed by atoms with van der Waals surface area (Å²) >= 11 is 0. The van der Waals surface area contributed by atoms with E-state index in [-0.39, 0.29) is 0 Å². The average Bonchev–Trinajstić information content (AvgIpc) is 2.52. The van der Waals surface area contributed by atoms with Gasteiger partial charge in [-0.1, -0.05) is 19.9 Å². The van der Waals surface area contributed by atoms with E-state index >= 15 is 0 Å². The first kappa shape index (κ1) is 12.2. The van der Waals surface area contributed by atoms with Gasteiger partial charge in [0.2, 0.25) is 0 Å². The van der Waals surface area contributed by atoms with E-state index in [1.807, 2.05) is 18.2 Å². The lowest BCUT2D eigenvalue weighted by atomic mass is 9.78. The number of benzene rings is 1. The molecule has 1 aromatic carbocycles. The van der Waals surface area contributed by atoms with Crippen molar-refractivity contribution in [3.8, 4) is 0 Å². The fraction of sp³-hybridized carbons (Fsp3) is 0.385. The summed E-state index contributed by atoms with van der Waals surface area (Å²) in [5, 5.41) is 19.5. The second kappa shape index (κ2) is 4.55. The van der Waals surface area contributed by atoms with Crippen LogP contribution in [0.1, 0.15) is 25.2 Å². The van der Waals surface area contributed by atoms with Crippen molar-refractivity contribution >= 4 is 23.6 Å². The van der Waals surface area contributed by atoms with Crippen molar-refractivity contribution in [1.29, 1.82) is 0 Å². The molecule has 0 bridgehead atoms. The first-order valence-corrected chi connectivity index (χ1v) is 5.87. The van der Waals surface area contributed by atoms with Crippen LogP contribution in [0.2, 0.25) is 0 Å². The van der Waals surface area contributed by atoms with Crippen LogP contribution >= 0.6 is 0 Å². The lowest BCUT2D eigenvalue weighted by Crippen LogP contribution is -2.31. The maximum atomic E-state index is 9.36. The molecular formula is C13H17BO3. The highest BCUT2D eigenvalue weighted by Crippen LogP contribution is 2.20. The summed E-state index contributed by atoms with van der Waals surface area (Å²) in [5.74, 6) is 1.14. The van der Waals surface area contributed by atoms with Gasteiger partial charge in [-0.25, -0.2) is 0 Å². The molecule has 0 saturated carbocycles. The first-order valence-electron chi connectivity index (χ1n) is 5.87. The molecule has 17 heavy (non-hydrogen) atoms. The number of hydrogen-bond acceptors (Lipinski definition) is 3. The van der Waals surface area contributed by atoms with Gasteiger partial charge in [0.25, 0.3) is 0 Å². The fourth-order valence-corrected chi connectivity index (χ4v) is 2.21. The van der Waals surface area contributed by atoms with Gasteiger partial charge in [0.1, 0.15) is 11.3 Å². The highest BCUT2D eigenvalue weighted by molar-refractivity contribution is 6.62. The number of aryl methyl sites for hydroxylation is 1. The molecule has 1 aromatic heterocycles. The molecule has 3 nitrogen and oxygen atoms in total. The van der Waals surface area contributed by atoms with Crippen molar-refractivity contribution in [1.82, 2.24) is 0 Å². The van der Waals surface area contributed by atoms with Crippen molar-refractivity contribution in [2.45, 2.75) is 27.2 Å². The largest absolute Gasteiger partial charge is 0.492 e. The molecule has 0 saturated heterocycles. The van der Waals surface area contributed by atoms with E-state index in [2.05, 4.69) is 13.8 Å². The van der Waals surface area contributed by atoms with Gasteiger partial charge in [-0.05, 0) is 37.0 Å². The normalized spacial score (nSPS) is 11.4. The Morgan fingerprint density at radius 1 is 1.29 bits per heavy atom. The van der Waals surface area contributed by atoms with Gasteiger partial charge in [-0.2, -0.15) is 0 Å². The Morgan fingerprint density at radius 3 is 2.59 bits per heavy atom. The van der Waals surface area contributed by atoms with E-state index in [4.69, 9.17) is 4.42 Å². The van der Waals surface area contributed by atoms with Crippen LogP contribution in [0.25, 0.3) is 11.0 Å². The van der Waals surface area contributed by atoms with E-state index in [0.717, 1.165) is 11.8 Å². The van der Waals surface area contributed by atoms with E-state index < -0.39 is 7.12 Å². The third kappa shape index (κ3) is 2.38. The fourth-order valence-electron chi connectivity index (χ4n) is 2.21. The predicted molar refractivity (Wildman–Crippen MR) is 69.3 cm³/mol. The SMILES string of the molecule is Cc1oc2ccc(CC(C)C)cc2c1B(O)O. The van der Waals surface area contributed by atoms with Crippen LogP contribution in [0.5, 0.6) is 0 Å². The Kier molecular flexibility index (Phi) is 3.27. The minimum Gasteiger partial charge on any atom is -0.462 e. The monoisotopic (exact) mass is 232 g/mol. The molecule has 1 heterocycles. The molecule has 0 radical (unpaired) electrons. The van der Waals surface area contributed by atoms with Crippen molar-refractivity contribution in [3.05, 3.63) is 29.5 Å². The van der Waals surface area contributed by atoms with Gasteiger partial charge in [-0.3, -0.25) is 0 Å². The zero-order chi connectivity index (χ0) is 12.6. The first-order chi connectivity index (χ1) is 7.99.